The summed E-state index contributed by atoms with van der Waals surface area (Å²) in [6, 6.07) is 14.8. The van der Waals surface area contributed by atoms with Gasteiger partial charge in [-0.2, -0.15) is 0 Å². The van der Waals surface area contributed by atoms with Crippen molar-refractivity contribution in [3.8, 4) is 0 Å². The molecule has 4 nitrogen and oxygen atoms in total. The number of aliphatic hydroxyl groups is 1. The minimum absolute atomic E-state index is 0.0429. The summed E-state index contributed by atoms with van der Waals surface area (Å²) in [5.41, 5.74) is 9.19. The lowest BCUT2D eigenvalue weighted by molar-refractivity contribution is -0.119. The molecule has 0 fully saturated rings. The Balaban J connectivity index is 1.96. The fourth-order valence-corrected chi connectivity index (χ4v) is 2.95. The predicted octanol–water partition coefficient (Wildman–Crippen LogP) is 3.22. The highest BCUT2D eigenvalue weighted by molar-refractivity contribution is 6.30. The molecule has 2 aromatic carbocycles. The van der Waals surface area contributed by atoms with E-state index in [1.165, 1.54) is 6.92 Å². The lowest BCUT2D eigenvalue weighted by Crippen LogP contribution is -2.36. The van der Waals surface area contributed by atoms with Crippen molar-refractivity contribution >= 4 is 17.5 Å². The third kappa shape index (κ3) is 5.85. The Kier molecular flexibility index (Phi) is 7.00. The van der Waals surface area contributed by atoms with E-state index in [9.17, 15) is 9.90 Å². The summed E-state index contributed by atoms with van der Waals surface area (Å²) >= 11 is 5.98. The zero-order valence-corrected chi connectivity index (χ0v) is 15.3. The van der Waals surface area contributed by atoms with Crippen LogP contribution in [0.2, 0.25) is 5.02 Å². The van der Waals surface area contributed by atoms with Crippen molar-refractivity contribution in [3.05, 3.63) is 70.2 Å². The van der Waals surface area contributed by atoms with Gasteiger partial charge in [0, 0.05) is 24.5 Å². The predicted molar refractivity (Wildman–Crippen MR) is 101 cm³/mol. The maximum atomic E-state index is 10.9. The summed E-state index contributed by atoms with van der Waals surface area (Å²) in [6.07, 6.45) is 0.00638. The second-order valence-corrected chi connectivity index (χ2v) is 6.92. The van der Waals surface area contributed by atoms with Gasteiger partial charge in [0.25, 0.3) is 0 Å². The molecule has 2 aromatic rings. The van der Waals surface area contributed by atoms with Crippen molar-refractivity contribution in [1.29, 1.82) is 0 Å². The van der Waals surface area contributed by atoms with Crippen LogP contribution in [0.5, 0.6) is 0 Å². The highest BCUT2D eigenvalue weighted by Gasteiger charge is 2.23. The molecule has 3 atom stereocenters. The molecule has 0 heterocycles. The van der Waals surface area contributed by atoms with Crippen molar-refractivity contribution in [2.75, 3.05) is 0 Å². The van der Waals surface area contributed by atoms with Crippen LogP contribution in [0.3, 0.4) is 0 Å². The van der Waals surface area contributed by atoms with Gasteiger partial charge in [0.05, 0.1) is 6.10 Å². The highest BCUT2D eigenvalue weighted by atomic mass is 35.5. The molecule has 1 amide bonds. The van der Waals surface area contributed by atoms with Crippen LogP contribution in [0.25, 0.3) is 0 Å². The molecule has 0 aromatic heterocycles. The molecule has 0 saturated carbocycles. The minimum Gasteiger partial charge on any atom is -0.387 e. The largest absolute Gasteiger partial charge is 0.387 e. The molecule has 5 heteroatoms. The topological polar surface area (TPSA) is 75.4 Å². The SMILES string of the molecule is CC(=O)NCc1ccc(CC(C)C(N)C(O)c2cccc(Cl)c2)cc1. The molecule has 3 unspecified atom stereocenters. The van der Waals surface area contributed by atoms with Crippen molar-refractivity contribution in [2.45, 2.75) is 39.0 Å². The van der Waals surface area contributed by atoms with E-state index in [4.69, 9.17) is 17.3 Å². The number of carbonyl (C=O) groups is 1. The summed E-state index contributed by atoms with van der Waals surface area (Å²) in [6.45, 7) is 4.06. The van der Waals surface area contributed by atoms with Gasteiger partial charge in [0.2, 0.25) is 5.91 Å². The number of rotatable bonds is 7. The van der Waals surface area contributed by atoms with Crippen LogP contribution in [0.4, 0.5) is 0 Å². The van der Waals surface area contributed by atoms with Gasteiger partial charge in [-0.05, 0) is 41.2 Å². The van der Waals surface area contributed by atoms with E-state index in [1.54, 1.807) is 12.1 Å². The minimum atomic E-state index is -0.757. The smallest absolute Gasteiger partial charge is 0.217 e. The van der Waals surface area contributed by atoms with E-state index in [0.29, 0.717) is 11.6 Å². The summed E-state index contributed by atoms with van der Waals surface area (Å²) in [5.74, 6) is 0.0499. The second kappa shape index (κ2) is 8.99. The molecule has 0 aliphatic rings. The first kappa shape index (κ1) is 19.4. The zero-order valence-electron chi connectivity index (χ0n) is 14.6. The summed E-state index contributed by atoms with van der Waals surface area (Å²) < 4.78 is 0. The van der Waals surface area contributed by atoms with Gasteiger partial charge in [-0.25, -0.2) is 0 Å². The number of carbonyl (C=O) groups excluding carboxylic acids is 1. The quantitative estimate of drug-likeness (QED) is 0.709. The number of nitrogens with one attached hydrogen (secondary N) is 1. The molecule has 0 aliphatic heterocycles. The Morgan fingerprint density at radius 1 is 1.20 bits per heavy atom. The number of hydrogen-bond donors (Lipinski definition) is 3. The van der Waals surface area contributed by atoms with E-state index in [0.717, 1.165) is 23.1 Å². The molecule has 0 radical (unpaired) electrons. The molecule has 2 rings (SSSR count). The highest BCUT2D eigenvalue weighted by Crippen LogP contribution is 2.25. The number of aliphatic hydroxyl groups excluding tert-OH is 1. The maximum absolute atomic E-state index is 10.9. The summed E-state index contributed by atoms with van der Waals surface area (Å²) in [5, 5.41) is 13.9. The van der Waals surface area contributed by atoms with Crippen LogP contribution in [0.1, 0.15) is 36.6 Å². The third-order valence-electron chi connectivity index (χ3n) is 4.33. The molecule has 4 N–H and O–H groups in total. The molecule has 25 heavy (non-hydrogen) atoms. The van der Waals surface area contributed by atoms with E-state index in [-0.39, 0.29) is 11.8 Å². The Bertz CT molecular complexity index is 703. The maximum Gasteiger partial charge on any atom is 0.217 e. The fraction of sp³-hybridized carbons (Fsp3) is 0.350. The van der Waals surface area contributed by atoms with Gasteiger partial charge in [0.1, 0.15) is 0 Å². The third-order valence-corrected chi connectivity index (χ3v) is 4.57. The second-order valence-electron chi connectivity index (χ2n) is 6.48. The molecule has 134 valence electrons. The van der Waals surface area contributed by atoms with Gasteiger partial charge in [0.15, 0.2) is 0 Å². The lowest BCUT2D eigenvalue weighted by Gasteiger charge is -2.25. The fourth-order valence-electron chi connectivity index (χ4n) is 2.75. The average Bonchev–Trinajstić information content (AvgIpc) is 2.59. The Morgan fingerprint density at radius 2 is 1.84 bits per heavy atom. The zero-order chi connectivity index (χ0) is 18.4. The van der Waals surface area contributed by atoms with E-state index in [1.807, 2.05) is 43.3 Å². The van der Waals surface area contributed by atoms with Crippen LogP contribution >= 0.6 is 11.6 Å². The van der Waals surface area contributed by atoms with E-state index in [2.05, 4.69) is 5.32 Å². The average molecular weight is 361 g/mol. The van der Waals surface area contributed by atoms with Gasteiger partial charge >= 0.3 is 0 Å². The van der Waals surface area contributed by atoms with Crippen molar-refractivity contribution in [1.82, 2.24) is 5.32 Å². The van der Waals surface area contributed by atoms with Gasteiger partial charge < -0.3 is 16.2 Å². The van der Waals surface area contributed by atoms with Crippen LogP contribution in [-0.2, 0) is 17.8 Å². The molecular formula is C20H25ClN2O2. The standard InChI is InChI=1S/C20H25ClN2O2/c1-13(19(22)20(25)17-4-3-5-18(21)11-17)10-15-6-8-16(9-7-15)12-23-14(2)24/h3-9,11,13,19-20,25H,10,12,22H2,1-2H3,(H,23,24). The first-order valence-corrected chi connectivity index (χ1v) is 8.76. The number of nitrogens with two attached hydrogens (primary N) is 1. The van der Waals surface area contributed by atoms with Crippen LogP contribution in [0.15, 0.2) is 48.5 Å². The summed E-state index contributed by atoms with van der Waals surface area (Å²) in [4.78, 5) is 10.9. The first-order valence-electron chi connectivity index (χ1n) is 8.38. The van der Waals surface area contributed by atoms with Gasteiger partial charge in [-0.1, -0.05) is 54.9 Å². The molecule has 0 spiro atoms. The van der Waals surface area contributed by atoms with Crippen LogP contribution in [-0.4, -0.2) is 17.1 Å². The molecule has 0 bridgehead atoms. The number of halogens is 1. The molecule has 0 aliphatic carbocycles. The summed E-state index contributed by atoms with van der Waals surface area (Å²) in [7, 11) is 0. The van der Waals surface area contributed by atoms with Gasteiger partial charge in [-0.15, -0.1) is 0 Å². The van der Waals surface area contributed by atoms with Crippen molar-refractivity contribution < 1.29 is 9.90 Å². The van der Waals surface area contributed by atoms with E-state index >= 15 is 0 Å². The number of benzene rings is 2. The van der Waals surface area contributed by atoms with Crippen molar-refractivity contribution in [3.63, 3.8) is 0 Å². The lowest BCUT2D eigenvalue weighted by atomic mass is 9.88. The first-order chi connectivity index (χ1) is 11.9. The Hall–Kier alpha value is -1.88. The normalized spacial score (nSPS) is 14.6. The molecular weight excluding hydrogens is 336 g/mol. The van der Waals surface area contributed by atoms with E-state index < -0.39 is 12.1 Å². The van der Waals surface area contributed by atoms with Crippen LogP contribution < -0.4 is 11.1 Å². The van der Waals surface area contributed by atoms with Gasteiger partial charge in [-0.3, -0.25) is 4.79 Å². The van der Waals surface area contributed by atoms with Crippen molar-refractivity contribution in [2.24, 2.45) is 11.7 Å². The Labute approximate surface area is 154 Å². The monoisotopic (exact) mass is 360 g/mol. The number of amides is 1. The Morgan fingerprint density at radius 3 is 2.44 bits per heavy atom. The molecule has 0 saturated heterocycles. The number of hydrogen-bond acceptors (Lipinski definition) is 3. The van der Waals surface area contributed by atoms with Crippen LogP contribution in [0, 0.1) is 5.92 Å².